The minimum atomic E-state index is -0.325. The van der Waals surface area contributed by atoms with Gasteiger partial charge in [0.2, 0.25) is 11.7 Å². The first-order chi connectivity index (χ1) is 9.56. The van der Waals surface area contributed by atoms with Crippen molar-refractivity contribution in [3.05, 3.63) is 11.6 Å². The lowest BCUT2D eigenvalue weighted by atomic mass is 10.4. The SMILES string of the molecule is CCN(CC)C(=O)CN(C)C(=O)c1n[nH]c(C2CC2)n1. The molecule has 1 aromatic rings. The summed E-state index contributed by atoms with van der Waals surface area (Å²) >= 11 is 0. The predicted octanol–water partition coefficient (Wildman–Crippen LogP) is 0.622. The van der Waals surface area contributed by atoms with Crippen LogP contribution in [0, 0.1) is 0 Å². The average molecular weight is 279 g/mol. The summed E-state index contributed by atoms with van der Waals surface area (Å²) in [4.78, 5) is 31.4. The van der Waals surface area contributed by atoms with Crippen LogP contribution in [-0.4, -0.2) is 63.5 Å². The quantitative estimate of drug-likeness (QED) is 0.827. The molecular formula is C13H21N5O2. The fourth-order valence-electron chi connectivity index (χ4n) is 2.03. The van der Waals surface area contributed by atoms with Crippen molar-refractivity contribution in [2.45, 2.75) is 32.6 Å². The maximum Gasteiger partial charge on any atom is 0.293 e. The zero-order valence-electron chi connectivity index (χ0n) is 12.2. The third-order valence-electron chi connectivity index (χ3n) is 3.49. The van der Waals surface area contributed by atoms with E-state index in [4.69, 9.17) is 0 Å². The zero-order valence-corrected chi connectivity index (χ0v) is 12.2. The number of carbonyl (C=O) groups is 2. The Hall–Kier alpha value is -1.92. The molecule has 0 saturated heterocycles. The first kappa shape index (κ1) is 14.5. The van der Waals surface area contributed by atoms with Crippen LogP contribution in [0.25, 0.3) is 0 Å². The van der Waals surface area contributed by atoms with E-state index in [0.29, 0.717) is 19.0 Å². The fourth-order valence-corrected chi connectivity index (χ4v) is 2.03. The molecule has 0 unspecified atom stereocenters. The van der Waals surface area contributed by atoms with Crippen LogP contribution in [0.3, 0.4) is 0 Å². The smallest absolute Gasteiger partial charge is 0.293 e. The van der Waals surface area contributed by atoms with Gasteiger partial charge in [0.1, 0.15) is 5.82 Å². The fraction of sp³-hybridized carbons (Fsp3) is 0.692. The molecule has 0 bridgehead atoms. The van der Waals surface area contributed by atoms with Crippen molar-refractivity contribution in [3.8, 4) is 0 Å². The van der Waals surface area contributed by atoms with E-state index in [9.17, 15) is 9.59 Å². The molecule has 20 heavy (non-hydrogen) atoms. The number of carbonyl (C=O) groups excluding carboxylic acids is 2. The minimum Gasteiger partial charge on any atom is -0.342 e. The van der Waals surface area contributed by atoms with Gasteiger partial charge >= 0.3 is 0 Å². The second-order valence-electron chi connectivity index (χ2n) is 5.05. The maximum absolute atomic E-state index is 12.1. The van der Waals surface area contributed by atoms with Gasteiger partial charge < -0.3 is 9.80 Å². The third kappa shape index (κ3) is 3.15. The van der Waals surface area contributed by atoms with Gasteiger partial charge in [0.15, 0.2) is 0 Å². The molecule has 0 aromatic carbocycles. The Bertz CT molecular complexity index is 491. The Balaban J connectivity index is 1.95. The molecule has 0 atom stereocenters. The lowest BCUT2D eigenvalue weighted by Crippen LogP contribution is -2.41. The molecule has 1 saturated carbocycles. The number of hydrogen-bond acceptors (Lipinski definition) is 4. The number of nitrogens with one attached hydrogen (secondary N) is 1. The number of aromatic amines is 1. The molecule has 1 N–H and O–H groups in total. The number of likely N-dealkylation sites (N-methyl/N-ethyl adjacent to an activating group) is 2. The maximum atomic E-state index is 12.1. The van der Waals surface area contributed by atoms with E-state index in [1.54, 1.807) is 11.9 Å². The second kappa shape index (κ2) is 6.02. The Morgan fingerprint density at radius 3 is 2.50 bits per heavy atom. The van der Waals surface area contributed by atoms with Crippen LogP contribution in [0.4, 0.5) is 0 Å². The molecule has 0 aliphatic heterocycles. The van der Waals surface area contributed by atoms with Gasteiger partial charge in [-0.3, -0.25) is 14.7 Å². The second-order valence-corrected chi connectivity index (χ2v) is 5.05. The van der Waals surface area contributed by atoms with Crippen molar-refractivity contribution in [1.29, 1.82) is 0 Å². The highest BCUT2D eigenvalue weighted by Gasteiger charge is 2.29. The first-order valence-electron chi connectivity index (χ1n) is 7.02. The van der Waals surface area contributed by atoms with Crippen LogP contribution < -0.4 is 0 Å². The van der Waals surface area contributed by atoms with Crippen molar-refractivity contribution in [1.82, 2.24) is 25.0 Å². The molecule has 2 rings (SSSR count). The van der Waals surface area contributed by atoms with Crippen LogP contribution in [0.5, 0.6) is 0 Å². The minimum absolute atomic E-state index is 0.0494. The standard InChI is InChI=1S/C13H21N5O2/c1-4-18(5-2)10(19)8-17(3)13(20)12-14-11(15-16-12)9-6-7-9/h9H,4-8H2,1-3H3,(H,14,15,16). The summed E-state index contributed by atoms with van der Waals surface area (Å²) in [5.74, 6) is 0.947. The van der Waals surface area contributed by atoms with Gasteiger partial charge in [-0.25, -0.2) is 4.98 Å². The molecule has 1 aliphatic rings. The third-order valence-corrected chi connectivity index (χ3v) is 3.49. The molecule has 0 radical (unpaired) electrons. The molecule has 1 aromatic heterocycles. The first-order valence-corrected chi connectivity index (χ1v) is 7.02. The lowest BCUT2D eigenvalue weighted by Gasteiger charge is -2.22. The normalized spacial score (nSPS) is 14.2. The summed E-state index contributed by atoms with van der Waals surface area (Å²) in [5, 5.41) is 6.74. The Morgan fingerprint density at radius 1 is 1.30 bits per heavy atom. The van der Waals surface area contributed by atoms with Crippen molar-refractivity contribution in [2.75, 3.05) is 26.7 Å². The van der Waals surface area contributed by atoms with E-state index in [-0.39, 0.29) is 24.2 Å². The highest BCUT2D eigenvalue weighted by molar-refractivity contribution is 5.93. The summed E-state index contributed by atoms with van der Waals surface area (Å²) in [6.45, 7) is 5.17. The summed E-state index contributed by atoms with van der Waals surface area (Å²) < 4.78 is 0. The molecule has 2 amide bonds. The topological polar surface area (TPSA) is 82.2 Å². The van der Waals surface area contributed by atoms with Gasteiger partial charge in [-0.2, -0.15) is 0 Å². The highest BCUT2D eigenvalue weighted by Crippen LogP contribution is 2.37. The van der Waals surface area contributed by atoms with E-state index in [2.05, 4.69) is 15.2 Å². The van der Waals surface area contributed by atoms with E-state index >= 15 is 0 Å². The number of aromatic nitrogens is 3. The van der Waals surface area contributed by atoms with Gasteiger partial charge in [-0.1, -0.05) is 0 Å². The highest BCUT2D eigenvalue weighted by atomic mass is 16.2. The summed E-state index contributed by atoms with van der Waals surface area (Å²) in [6, 6.07) is 0. The Kier molecular flexibility index (Phi) is 4.36. The summed E-state index contributed by atoms with van der Waals surface area (Å²) in [6.07, 6.45) is 2.19. The van der Waals surface area contributed by atoms with Gasteiger partial charge in [0.05, 0.1) is 6.54 Å². The van der Waals surface area contributed by atoms with Crippen LogP contribution in [0.1, 0.15) is 49.1 Å². The van der Waals surface area contributed by atoms with Gasteiger partial charge in [0.25, 0.3) is 5.91 Å². The molecule has 1 aliphatic carbocycles. The van der Waals surface area contributed by atoms with Crippen molar-refractivity contribution < 1.29 is 9.59 Å². The molecule has 7 nitrogen and oxygen atoms in total. The number of hydrogen-bond donors (Lipinski definition) is 1. The van der Waals surface area contributed by atoms with Crippen LogP contribution in [-0.2, 0) is 4.79 Å². The molecule has 1 heterocycles. The van der Waals surface area contributed by atoms with Crippen LogP contribution in [0.15, 0.2) is 0 Å². The van der Waals surface area contributed by atoms with Crippen LogP contribution >= 0.6 is 0 Å². The van der Waals surface area contributed by atoms with E-state index in [1.807, 2.05) is 13.8 Å². The van der Waals surface area contributed by atoms with Crippen molar-refractivity contribution in [3.63, 3.8) is 0 Å². The average Bonchev–Trinajstić information content (AvgIpc) is 3.17. The monoisotopic (exact) mass is 279 g/mol. The number of amides is 2. The number of rotatable bonds is 6. The van der Waals surface area contributed by atoms with Gasteiger partial charge in [-0.15, -0.1) is 5.10 Å². The number of H-pyrrole nitrogens is 1. The number of nitrogens with zero attached hydrogens (tertiary/aromatic N) is 4. The van der Waals surface area contributed by atoms with Gasteiger partial charge in [0, 0.05) is 26.1 Å². The molecule has 1 fully saturated rings. The molecular weight excluding hydrogens is 258 g/mol. The van der Waals surface area contributed by atoms with Crippen molar-refractivity contribution in [2.24, 2.45) is 0 Å². The Morgan fingerprint density at radius 2 is 1.95 bits per heavy atom. The lowest BCUT2D eigenvalue weighted by molar-refractivity contribution is -0.131. The van der Waals surface area contributed by atoms with E-state index < -0.39 is 0 Å². The van der Waals surface area contributed by atoms with Crippen LogP contribution in [0.2, 0.25) is 0 Å². The largest absolute Gasteiger partial charge is 0.342 e. The summed E-state index contributed by atoms with van der Waals surface area (Å²) in [5.41, 5.74) is 0. The molecule has 110 valence electrons. The van der Waals surface area contributed by atoms with E-state index in [0.717, 1.165) is 18.7 Å². The Labute approximate surface area is 118 Å². The molecule has 7 heteroatoms. The zero-order chi connectivity index (χ0) is 14.7. The van der Waals surface area contributed by atoms with Gasteiger partial charge in [-0.05, 0) is 26.7 Å². The molecule has 0 spiro atoms. The predicted molar refractivity (Wildman–Crippen MR) is 73.2 cm³/mol. The van der Waals surface area contributed by atoms with Crippen molar-refractivity contribution >= 4 is 11.8 Å². The summed E-state index contributed by atoms with van der Waals surface area (Å²) in [7, 11) is 1.59. The van der Waals surface area contributed by atoms with E-state index in [1.165, 1.54) is 4.90 Å².